The lowest BCUT2D eigenvalue weighted by molar-refractivity contribution is -0.117. The van der Waals surface area contributed by atoms with Crippen LogP contribution in [0.3, 0.4) is 0 Å². The number of nitrogens with zero attached hydrogens (tertiary/aromatic N) is 2. The number of hydrogen-bond donors (Lipinski definition) is 1. The first kappa shape index (κ1) is 13.3. The highest BCUT2D eigenvalue weighted by Crippen LogP contribution is 2.31. The van der Waals surface area contributed by atoms with Gasteiger partial charge >= 0.3 is 5.97 Å². The summed E-state index contributed by atoms with van der Waals surface area (Å²) >= 11 is 0. The van der Waals surface area contributed by atoms with Crippen LogP contribution in [-0.2, 0) is 17.8 Å². The van der Waals surface area contributed by atoms with Crippen molar-refractivity contribution in [2.75, 3.05) is 4.90 Å². The van der Waals surface area contributed by atoms with E-state index in [2.05, 4.69) is 4.98 Å². The van der Waals surface area contributed by atoms with Gasteiger partial charge in [-0.05, 0) is 35.7 Å². The second kappa shape index (κ2) is 5.01. The molecule has 0 saturated carbocycles. The number of anilines is 1. The number of pyridine rings is 1. The normalized spacial score (nSPS) is 13.4. The topological polar surface area (TPSA) is 70.5 Å². The number of hydrogen-bond acceptors (Lipinski definition) is 3. The Kier molecular flexibility index (Phi) is 3.17. The largest absolute Gasteiger partial charge is 0.478 e. The first-order valence-electron chi connectivity index (χ1n) is 6.62. The molecule has 0 aliphatic carbocycles. The predicted octanol–water partition coefficient (Wildman–Crippen LogP) is 2.18. The van der Waals surface area contributed by atoms with E-state index in [1.165, 1.54) is 6.07 Å². The number of carboxylic acid groups (broad SMARTS) is 1. The molecule has 1 aliphatic heterocycles. The summed E-state index contributed by atoms with van der Waals surface area (Å²) in [6.45, 7) is 2.35. The highest BCUT2D eigenvalue weighted by atomic mass is 16.4. The molecule has 1 aromatic carbocycles. The monoisotopic (exact) mass is 282 g/mol. The van der Waals surface area contributed by atoms with Crippen LogP contribution >= 0.6 is 0 Å². The molecule has 5 nitrogen and oxygen atoms in total. The fourth-order valence-corrected chi connectivity index (χ4v) is 2.55. The Morgan fingerprint density at radius 2 is 2.14 bits per heavy atom. The van der Waals surface area contributed by atoms with E-state index in [-0.39, 0.29) is 11.5 Å². The van der Waals surface area contributed by atoms with Crippen molar-refractivity contribution < 1.29 is 14.7 Å². The van der Waals surface area contributed by atoms with E-state index in [9.17, 15) is 9.59 Å². The standard InChI is InChI=1S/C16H14N2O3/c1-10-4-11(8-17-7-10)9-18-14-5-13(16(20)21)3-2-12(14)6-15(18)19/h2-5,7-8H,6,9H2,1H3,(H,20,21). The molecule has 2 heterocycles. The molecule has 3 rings (SSSR count). The molecule has 0 unspecified atom stereocenters. The summed E-state index contributed by atoms with van der Waals surface area (Å²) < 4.78 is 0. The van der Waals surface area contributed by atoms with Crippen LogP contribution < -0.4 is 4.90 Å². The van der Waals surface area contributed by atoms with Crippen LogP contribution in [0.2, 0.25) is 0 Å². The van der Waals surface area contributed by atoms with E-state index in [1.54, 1.807) is 29.4 Å². The van der Waals surface area contributed by atoms with Crippen molar-refractivity contribution >= 4 is 17.6 Å². The number of fused-ring (bicyclic) bond motifs is 1. The zero-order chi connectivity index (χ0) is 15.0. The first-order valence-corrected chi connectivity index (χ1v) is 6.62. The zero-order valence-corrected chi connectivity index (χ0v) is 11.5. The van der Waals surface area contributed by atoms with E-state index in [0.29, 0.717) is 18.7 Å². The van der Waals surface area contributed by atoms with E-state index in [0.717, 1.165) is 16.7 Å². The minimum absolute atomic E-state index is 0.0194. The quantitative estimate of drug-likeness (QED) is 0.936. The van der Waals surface area contributed by atoms with Crippen molar-refractivity contribution in [1.82, 2.24) is 4.98 Å². The molecule has 0 fully saturated rings. The van der Waals surface area contributed by atoms with E-state index in [4.69, 9.17) is 5.11 Å². The zero-order valence-electron chi connectivity index (χ0n) is 11.5. The van der Waals surface area contributed by atoms with Gasteiger partial charge in [0.15, 0.2) is 0 Å². The van der Waals surface area contributed by atoms with Gasteiger partial charge in [0.25, 0.3) is 0 Å². The molecular formula is C16H14N2O3. The third-order valence-electron chi connectivity index (χ3n) is 3.54. The van der Waals surface area contributed by atoms with Crippen molar-refractivity contribution in [2.24, 2.45) is 0 Å². The molecule has 1 N–H and O–H groups in total. The molecule has 0 radical (unpaired) electrons. The van der Waals surface area contributed by atoms with Gasteiger partial charge < -0.3 is 10.0 Å². The fraction of sp³-hybridized carbons (Fsp3) is 0.188. The Bertz CT molecular complexity index is 740. The molecule has 0 atom stereocenters. The molecule has 106 valence electrons. The third kappa shape index (κ3) is 2.50. The Morgan fingerprint density at radius 1 is 1.33 bits per heavy atom. The summed E-state index contributed by atoms with van der Waals surface area (Å²) in [6.07, 6.45) is 3.79. The molecule has 1 aromatic heterocycles. The van der Waals surface area contributed by atoms with E-state index < -0.39 is 5.97 Å². The van der Waals surface area contributed by atoms with Crippen LogP contribution in [0.1, 0.15) is 27.0 Å². The van der Waals surface area contributed by atoms with Crippen LogP contribution in [0, 0.1) is 6.92 Å². The number of aryl methyl sites for hydroxylation is 1. The molecule has 0 bridgehead atoms. The van der Waals surface area contributed by atoms with Crippen LogP contribution in [0.25, 0.3) is 0 Å². The fourth-order valence-electron chi connectivity index (χ4n) is 2.55. The smallest absolute Gasteiger partial charge is 0.335 e. The highest BCUT2D eigenvalue weighted by Gasteiger charge is 2.28. The van der Waals surface area contributed by atoms with Crippen LogP contribution in [0.5, 0.6) is 0 Å². The van der Waals surface area contributed by atoms with Crippen molar-refractivity contribution in [3.05, 3.63) is 58.9 Å². The van der Waals surface area contributed by atoms with Gasteiger partial charge in [0.2, 0.25) is 5.91 Å². The van der Waals surface area contributed by atoms with Gasteiger partial charge in [-0.15, -0.1) is 0 Å². The number of rotatable bonds is 3. The van der Waals surface area contributed by atoms with Gasteiger partial charge in [0.05, 0.1) is 18.5 Å². The highest BCUT2D eigenvalue weighted by molar-refractivity contribution is 6.02. The lowest BCUT2D eigenvalue weighted by Crippen LogP contribution is -2.26. The molecule has 0 spiro atoms. The van der Waals surface area contributed by atoms with Crippen molar-refractivity contribution in [3.63, 3.8) is 0 Å². The number of carboxylic acids is 1. The molecule has 1 aliphatic rings. The summed E-state index contributed by atoms with van der Waals surface area (Å²) in [4.78, 5) is 29.0. The van der Waals surface area contributed by atoms with Gasteiger partial charge in [-0.25, -0.2) is 4.79 Å². The average Bonchev–Trinajstić information content (AvgIpc) is 2.74. The number of aromatic nitrogens is 1. The summed E-state index contributed by atoms with van der Waals surface area (Å²) in [5, 5.41) is 9.08. The number of amides is 1. The summed E-state index contributed by atoms with van der Waals surface area (Å²) in [5.74, 6) is -1.01. The molecule has 2 aromatic rings. The van der Waals surface area contributed by atoms with Crippen molar-refractivity contribution in [2.45, 2.75) is 19.9 Å². The minimum Gasteiger partial charge on any atom is -0.478 e. The van der Waals surface area contributed by atoms with Gasteiger partial charge in [-0.3, -0.25) is 9.78 Å². The third-order valence-corrected chi connectivity index (χ3v) is 3.54. The van der Waals surface area contributed by atoms with Gasteiger partial charge in [0, 0.05) is 18.1 Å². The van der Waals surface area contributed by atoms with Gasteiger partial charge in [-0.1, -0.05) is 12.1 Å². The molecule has 21 heavy (non-hydrogen) atoms. The van der Waals surface area contributed by atoms with Crippen LogP contribution in [0.4, 0.5) is 5.69 Å². The number of carbonyl (C=O) groups excluding carboxylic acids is 1. The van der Waals surface area contributed by atoms with Gasteiger partial charge in [0.1, 0.15) is 0 Å². The number of aromatic carboxylic acids is 1. The lowest BCUT2D eigenvalue weighted by atomic mass is 10.1. The summed E-state index contributed by atoms with van der Waals surface area (Å²) in [5.41, 5.74) is 3.69. The number of carbonyl (C=O) groups is 2. The summed E-state index contributed by atoms with van der Waals surface area (Å²) in [7, 11) is 0. The maximum absolute atomic E-state index is 12.2. The van der Waals surface area contributed by atoms with E-state index in [1.807, 2.05) is 13.0 Å². The Hall–Kier alpha value is -2.69. The van der Waals surface area contributed by atoms with Crippen LogP contribution in [0.15, 0.2) is 36.7 Å². The van der Waals surface area contributed by atoms with Gasteiger partial charge in [-0.2, -0.15) is 0 Å². The first-order chi connectivity index (χ1) is 10.0. The van der Waals surface area contributed by atoms with Crippen molar-refractivity contribution in [1.29, 1.82) is 0 Å². The van der Waals surface area contributed by atoms with E-state index >= 15 is 0 Å². The molecule has 5 heteroatoms. The molecular weight excluding hydrogens is 268 g/mol. The Morgan fingerprint density at radius 3 is 2.86 bits per heavy atom. The predicted molar refractivity (Wildman–Crippen MR) is 77.3 cm³/mol. The maximum Gasteiger partial charge on any atom is 0.335 e. The second-order valence-corrected chi connectivity index (χ2v) is 5.18. The SMILES string of the molecule is Cc1cncc(CN2C(=O)Cc3ccc(C(=O)O)cc32)c1. The Balaban J connectivity index is 1.96. The Labute approximate surface area is 121 Å². The lowest BCUT2D eigenvalue weighted by Gasteiger charge is -2.18. The molecule has 0 saturated heterocycles. The van der Waals surface area contributed by atoms with Crippen molar-refractivity contribution in [3.8, 4) is 0 Å². The minimum atomic E-state index is -0.991. The average molecular weight is 282 g/mol. The number of benzene rings is 1. The van der Waals surface area contributed by atoms with Crippen LogP contribution in [-0.4, -0.2) is 22.0 Å². The molecule has 1 amide bonds. The summed E-state index contributed by atoms with van der Waals surface area (Å²) in [6, 6.07) is 6.78. The second-order valence-electron chi connectivity index (χ2n) is 5.18. The maximum atomic E-state index is 12.2.